The predicted octanol–water partition coefficient (Wildman–Crippen LogP) is 2.16. The van der Waals surface area contributed by atoms with Gasteiger partial charge in [-0.2, -0.15) is 0 Å². The minimum Gasteiger partial charge on any atom is -0.348 e. The number of pyridine rings is 1. The number of aryl methyl sites for hydroxylation is 1. The van der Waals surface area contributed by atoms with Gasteiger partial charge in [0.1, 0.15) is 5.69 Å². The fraction of sp³-hybridized carbons (Fsp3) is 0.500. The quantitative estimate of drug-likeness (QED) is 0.901. The lowest BCUT2D eigenvalue weighted by Crippen LogP contribution is -2.54. The molecule has 2 aliphatic rings. The Morgan fingerprint density at radius 1 is 1.33 bits per heavy atom. The largest absolute Gasteiger partial charge is 0.348 e. The molecule has 7 heteroatoms. The van der Waals surface area contributed by atoms with Gasteiger partial charge in [0.2, 0.25) is 5.91 Å². The number of rotatable bonds is 3. The molecule has 0 aromatic carbocycles. The molecule has 2 aromatic heterocycles. The number of H-pyrrole nitrogens is 1. The normalized spacial score (nSPS) is 23.1. The van der Waals surface area contributed by atoms with Gasteiger partial charge >= 0.3 is 0 Å². The molecule has 2 fully saturated rings. The third-order valence-corrected chi connectivity index (χ3v) is 5.83. The second-order valence-corrected chi connectivity index (χ2v) is 7.82. The lowest BCUT2D eigenvalue weighted by Gasteiger charge is -2.48. The Balaban J connectivity index is 1.49. The van der Waals surface area contributed by atoms with Crippen LogP contribution in [0, 0.1) is 12.3 Å². The van der Waals surface area contributed by atoms with Crippen LogP contribution in [0.1, 0.15) is 47.4 Å². The Morgan fingerprint density at radius 3 is 2.96 bits per heavy atom. The second kappa shape index (κ2) is 7.13. The molecule has 142 valence electrons. The summed E-state index contributed by atoms with van der Waals surface area (Å²) in [5.41, 5.74) is 2.33. The molecule has 1 N–H and O–H groups in total. The number of carbonyl (C=O) groups excluding carboxylic acids is 2. The Hall–Kier alpha value is -2.70. The number of hydrogen-bond donors (Lipinski definition) is 1. The first-order chi connectivity index (χ1) is 13.1. The van der Waals surface area contributed by atoms with Gasteiger partial charge in [0, 0.05) is 56.1 Å². The van der Waals surface area contributed by atoms with Crippen LogP contribution in [0.4, 0.5) is 0 Å². The molecular weight excluding hydrogens is 342 g/mol. The molecule has 7 nitrogen and oxygen atoms in total. The number of imidazole rings is 1. The highest BCUT2D eigenvalue weighted by Crippen LogP contribution is 2.39. The van der Waals surface area contributed by atoms with Crippen molar-refractivity contribution < 1.29 is 9.59 Å². The molecule has 0 radical (unpaired) electrons. The smallest absolute Gasteiger partial charge is 0.274 e. The van der Waals surface area contributed by atoms with E-state index >= 15 is 0 Å². The van der Waals surface area contributed by atoms with Crippen molar-refractivity contribution in [1.82, 2.24) is 24.8 Å². The van der Waals surface area contributed by atoms with Crippen molar-refractivity contribution in [3.05, 3.63) is 47.8 Å². The Bertz CT molecular complexity index is 834. The number of carbonyl (C=O) groups is 2. The fourth-order valence-electron chi connectivity index (χ4n) is 4.40. The zero-order chi connectivity index (χ0) is 18.9. The molecule has 2 aliphatic heterocycles. The summed E-state index contributed by atoms with van der Waals surface area (Å²) in [5.74, 6) is 0.180. The number of nitrogens with one attached hydrogen (secondary N) is 1. The van der Waals surface area contributed by atoms with E-state index in [2.05, 4.69) is 15.0 Å². The van der Waals surface area contributed by atoms with E-state index in [1.807, 2.05) is 35.1 Å². The van der Waals surface area contributed by atoms with E-state index in [4.69, 9.17) is 0 Å². The summed E-state index contributed by atoms with van der Waals surface area (Å²) in [6.45, 7) is 4.60. The maximum Gasteiger partial charge on any atom is 0.274 e. The van der Waals surface area contributed by atoms with Crippen LogP contribution in [-0.4, -0.2) is 56.2 Å². The monoisotopic (exact) mass is 367 g/mol. The molecule has 2 amide bonds. The van der Waals surface area contributed by atoms with Gasteiger partial charge in [-0.15, -0.1) is 0 Å². The topological polar surface area (TPSA) is 82.2 Å². The van der Waals surface area contributed by atoms with Gasteiger partial charge < -0.3 is 14.8 Å². The number of piperidine rings is 2. The van der Waals surface area contributed by atoms with E-state index in [0.717, 1.165) is 37.1 Å². The van der Waals surface area contributed by atoms with Gasteiger partial charge in [0.05, 0.1) is 6.33 Å². The molecule has 4 rings (SSSR count). The third-order valence-electron chi connectivity index (χ3n) is 5.83. The molecule has 0 aliphatic carbocycles. The van der Waals surface area contributed by atoms with Crippen LogP contribution in [-0.2, 0) is 11.3 Å². The minimum atomic E-state index is -0.0196. The van der Waals surface area contributed by atoms with Crippen LogP contribution >= 0.6 is 0 Å². The minimum absolute atomic E-state index is 0.0106. The summed E-state index contributed by atoms with van der Waals surface area (Å²) >= 11 is 0. The van der Waals surface area contributed by atoms with E-state index < -0.39 is 0 Å². The number of amides is 2. The second-order valence-electron chi connectivity index (χ2n) is 7.82. The molecular formula is C20H25N5O2. The van der Waals surface area contributed by atoms with E-state index in [0.29, 0.717) is 31.7 Å². The Morgan fingerprint density at radius 2 is 2.22 bits per heavy atom. The summed E-state index contributed by atoms with van der Waals surface area (Å²) in [5, 5.41) is 0. The summed E-state index contributed by atoms with van der Waals surface area (Å²) < 4.78 is 0. The zero-order valence-corrected chi connectivity index (χ0v) is 15.6. The Kier molecular flexibility index (Phi) is 4.68. The average Bonchev–Trinajstić information content (AvgIpc) is 3.11. The van der Waals surface area contributed by atoms with Gasteiger partial charge in [0.25, 0.3) is 5.91 Å². The molecule has 1 spiro atoms. The predicted molar refractivity (Wildman–Crippen MR) is 99.8 cm³/mol. The number of likely N-dealkylation sites (tertiary alicyclic amines) is 2. The van der Waals surface area contributed by atoms with Crippen LogP contribution in [0.5, 0.6) is 0 Å². The first-order valence-corrected chi connectivity index (χ1v) is 9.52. The van der Waals surface area contributed by atoms with E-state index in [1.54, 1.807) is 12.5 Å². The highest BCUT2D eigenvalue weighted by atomic mass is 16.2. The first-order valence-electron chi connectivity index (χ1n) is 9.52. The highest BCUT2D eigenvalue weighted by Gasteiger charge is 2.43. The van der Waals surface area contributed by atoms with Crippen LogP contribution in [0.2, 0.25) is 0 Å². The van der Waals surface area contributed by atoms with Crippen molar-refractivity contribution in [3.63, 3.8) is 0 Å². The SMILES string of the molecule is Cc1[nH]cnc1C(=O)N1CCCC2(CCC(=O)N(Cc3cccnc3)C2)C1. The van der Waals surface area contributed by atoms with Crippen molar-refractivity contribution in [2.75, 3.05) is 19.6 Å². The Labute approximate surface area is 158 Å². The van der Waals surface area contributed by atoms with Crippen molar-refractivity contribution in [1.29, 1.82) is 0 Å². The molecule has 2 aromatic rings. The molecule has 0 bridgehead atoms. The molecule has 1 atom stereocenters. The maximum absolute atomic E-state index is 12.9. The molecule has 27 heavy (non-hydrogen) atoms. The third kappa shape index (κ3) is 3.59. The van der Waals surface area contributed by atoms with Gasteiger partial charge in [-0.1, -0.05) is 6.07 Å². The molecule has 1 unspecified atom stereocenters. The summed E-state index contributed by atoms with van der Waals surface area (Å²) in [6, 6.07) is 3.89. The fourth-order valence-corrected chi connectivity index (χ4v) is 4.40. The lowest BCUT2D eigenvalue weighted by molar-refractivity contribution is -0.139. The zero-order valence-electron chi connectivity index (χ0n) is 15.6. The van der Waals surface area contributed by atoms with Gasteiger partial charge in [-0.05, 0) is 37.8 Å². The number of aromatic nitrogens is 3. The van der Waals surface area contributed by atoms with Crippen molar-refractivity contribution in [3.8, 4) is 0 Å². The van der Waals surface area contributed by atoms with Crippen LogP contribution in [0.3, 0.4) is 0 Å². The van der Waals surface area contributed by atoms with Gasteiger partial charge in [-0.25, -0.2) is 4.98 Å². The number of aromatic amines is 1. The highest BCUT2D eigenvalue weighted by molar-refractivity contribution is 5.93. The summed E-state index contributed by atoms with van der Waals surface area (Å²) in [7, 11) is 0. The summed E-state index contributed by atoms with van der Waals surface area (Å²) in [4.78, 5) is 40.6. The molecule has 4 heterocycles. The van der Waals surface area contributed by atoms with Crippen LogP contribution < -0.4 is 0 Å². The number of hydrogen-bond acceptors (Lipinski definition) is 4. The van der Waals surface area contributed by atoms with Crippen molar-refractivity contribution in [2.24, 2.45) is 5.41 Å². The first kappa shape index (κ1) is 17.7. The van der Waals surface area contributed by atoms with Crippen molar-refractivity contribution in [2.45, 2.75) is 39.2 Å². The van der Waals surface area contributed by atoms with Gasteiger partial charge in [0.15, 0.2) is 0 Å². The standard InChI is InChI=1S/C20H25N5O2/c1-15-18(23-14-22-15)19(27)24-9-3-6-20(12-24)7-5-17(26)25(13-20)11-16-4-2-8-21-10-16/h2,4,8,10,14H,3,5-7,9,11-13H2,1H3,(H,22,23). The van der Waals surface area contributed by atoms with Crippen LogP contribution in [0.15, 0.2) is 30.9 Å². The average molecular weight is 367 g/mol. The van der Waals surface area contributed by atoms with E-state index in [-0.39, 0.29) is 17.2 Å². The molecule has 2 saturated heterocycles. The maximum atomic E-state index is 12.9. The van der Waals surface area contributed by atoms with E-state index in [9.17, 15) is 9.59 Å². The lowest BCUT2D eigenvalue weighted by atomic mass is 9.73. The molecule has 0 saturated carbocycles. The van der Waals surface area contributed by atoms with E-state index in [1.165, 1.54) is 0 Å². The van der Waals surface area contributed by atoms with Crippen molar-refractivity contribution >= 4 is 11.8 Å². The van der Waals surface area contributed by atoms with Gasteiger partial charge in [-0.3, -0.25) is 14.6 Å². The summed E-state index contributed by atoms with van der Waals surface area (Å²) in [6.07, 6.45) is 8.52. The van der Waals surface area contributed by atoms with Crippen LogP contribution in [0.25, 0.3) is 0 Å². The number of nitrogens with zero attached hydrogens (tertiary/aromatic N) is 4.